The number of rotatable bonds is 4. The van der Waals surface area contributed by atoms with Crippen LogP contribution in [0.3, 0.4) is 0 Å². The first-order valence-corrected chi connectivity index (χ1v) is 5.88. The molecule has 0 aliphatic carbocycles. The van der Waals surface area contributed by atoms with Crippen molar-refractivity contribution in [3.05, 3.63) is 28.5 Å². The number of benzene rings is 1. The molecule has 0 aromatic heterocycles. The number of carboxylic acid groups (broad SMARTS) is 1. The second-order valence-corrected chi connectivity index (χ2v) is 4.47. The molecule has 7 heteroatoms. The summed E-state index contributed by atoms with van der Waals surface area (Å²) >= 11 is 3.18. The second kappa shape index (κ2) is 6.34. The highest BCUT2D eigenvalue weighted by molar-refractivity contribution is 9.10. The molecule has 0 heterocycles. The van der Waals surface area contributed by atoms with Gasteiger partial charge in [-0.3, -0.25) is 4.79 Å². The molecule has 98 valence electrons. The number of urea groups is 1. The molecule has 0 atom stereocenters. The van der Waals surface area contributed by atoms with Gasteiger partial charge in [-0.2, -0.15) is 0 Å². The Hall–Kier alpha value is -1.63. The summed E-state index contributed by atoms with van der Waals surface area (Å²) in [5, 5.41) is 11.0. The molecule has 0 bridgehead atoms. The average molecular weight is 319 g/mol. The second-order valence-electron chi connectivity index (χ2n) is 3.62. The lowest BCUT2D eigenvalue weighted by Gasteiger charge is -2.17. The van der Waals surface area contributed by atoms with Crippen molar-refractivity contribution in [3.63, 3.8) is 0 Å². The fourth-order valence-corrected chi connectivity index (χ4v) is 1.51. The summed E-state index contributed by atoms with van der Waals surface area (Å²) in [6.07, 6.45) is -0.145. The van der Waals surface area contributed by atoms with Crippen molar-refractivity contribution in [1.82, 2.24) is 4.90 Å². The highest BCUT2D eigenvalue weighted by atomic mass is 79.9. The first-order valence-electron chi connectivity index (χ1n) is 5.09. The van der Waals surface area contributed by atoms with Crippen molar-refractivity contribution in [1.29, 1.82) is 0 Å². The lowest BCUT2D eigenvalue weighted by atomic mass is 10.3. The van der Waals surface area contributed by atoms with Crippen molar-refractivity contribution < 1.29 is 19.1 Å². The Balaban J connectivity index is 2.63. The Bertz CT molecular complexity index is 468. The summed E-state index contributed by atoms with van der Waals surface area (Å²) in [7, 11) is 1.46. The number of carboxylic acids is 1. The summed E-state index contributed by atoms with van der Waals surface area (Å²) in [5.74, 6) is -1.46. The van der Waals surface area contributed by atoms with E-state index in [1.54, 1.807) is 0 Å². The van der Waals surface area contributed by atoms with E-state index >= 15 is 0 Å². The van der Waals surface area contributed by atoms with Crippen LogP contribution in [-0.2, 0) is 4.79 Å². The van der Waals surface area contributed by atoms with E-state index in [-0.39, 0.29) is 13.0 Å². The number of carbonyl (C=O) groups excluding carboxylic acids is 1. The van der Waals surface area contributed by atoms with Gasteiger partial charge < -0.3 is 15.3 Å². The molecule has 1 rings (SSSR count). The van der Waals surface area contributed by atoms with E-state index in [0.29, 0.717) is 10.2 Å². The van der Waals surface area contributed by atoms with Crippen LogP contribution >= 0.6 is 15.9 Å². The topological polar surface area (TPSA) is 69.6 Å². The monoisotopic (exact) mass is 318 g/mol. The van der Waals surface area contributed by atoms with Gasteiger partial charge in [-0.1, -0.05) is 0 Å². The third kappa shape index (κ3) is 4.33. The van der Waals surface area contributed by atoms with Crippen molar-refractivity contribution in [2.24, 2.45) is 0 Å². The number of nitrogens with zero attached hydrogens (tertiary/aromatic N) is 1. The number of carbonyl (C=O) groups is 2. The fraction of sp³-hybridized carbons (Fsp3) is 0.273. The van der Waals surface area contributed by atoms with E-state index in [1.807, 2.05) is 0 Å². The van der Waals surface area contributed by atoms with Gasteiger partial charge in [-0.25, -0.2) is 9.18 Å². The van der Waals surface area contributed by atoms with Crippen LogP contribution in [0.1, 0.15) is 6.42 Å². The van der Waals surface area contributed by atoms with Gasteiger partial charge in [0.25, 0.3) is 0 Å². The highest BCUT2D eigenvalue weighted by Gasteiger charge is 2.12. The Morgan fingerprint density at radius 3 is 2.78 bits per heavy atom. The van der Waals surface area contributed by atoms with Gasteiger partial charge in [0.1, 0.15) is 5.82 Å². The van der Waals surface area contributed by atoms with Crippen LogP contribution in [0.4, 0.5) is 14.9 Å². The van der Waals surface area contributed by atoms with Crippen molar-refractivity contribution >= 4 is 33.6 Å². The molecule has 0 radical (unpaired) electrons. The maximum absolute atomic E-state index is 13.0. The maximum Gasteiger partial charge on any atom is 0.321 e. The molecule has 1 aromatic carbocycles. The normalized spacial score (nSPS) is 9.94. The van der Waals surface area contributed by atoms with Crippen LogP contribution in [-0.4, -0.2) is 35.6 Å². The van der Waals surface area contributed by atoms with E-state index in [2.05, 4.69) is 21.2 Å². The third-order valence-corrected chi connectivity index (χ3v) is 2.87. The zero-order valence-corrected chi connectivity index (χ0v) is 11.2. The number of hydrogen-bond donors (Lipinski definition) is 2. The smallest absolute Gasteiger partial charge is 0.321 e. The number of aliphatic carboxylic acids is 1. The SMILES string of the molecule is CN(CCC(=O)O)C(=O)Nc1cc(F)ccc1Br. The van der Waals surface area contributed by atoms with Crippen LogP contribution in [0.15, 0.2) is 22.7 Å². The number of halogens is 2. The van der Waals surface area contributed by atoms with Crippen LogP contribution in [0.5, 0.6) is 0 Å². The quantitative estimate of drug-likeness (QED) is 0.896. The fourth-order valence-electron chi connectivity index (χ4n) is 1.17. The Morgan fingerprint density at radius 1 is 1.50 bits per heavy atom. The molecular weight excluding hydrogens is 307 g/mol. The molecule has 0 aliphatic heterocycles. The molecule has 0 saturated heterocycles. The number of amides is 2. The molecule has 0 fully saturated rings. The standard InChI is InChI=1S/C11H12BrFN2O3/c1-15(5-4-10(16)17)11(18)14-9-6-7(13)2-3-8(9)12/h2-3,6H,4-5H2,1H3,(H,14,18)(H,16,17). The average Bonchev–Trinajstić information content (AvgIpc) is 2.30. The van der Waals surface area contributed by atoms with Crippen LogP contribution in [0, 0.1) is 5.82 Å². The largest absolute Gasteiger partial charge is 0.481 e. The number of nitrogens with one attached hydrogen (secondary N) is 1. The van der Waals surface area contributed by atoms with Gasteiger partial charge >= 0.3 is 12.0 Å². The summed E-state index contributed by atoms with van der Waals surface area (Å²) in [6.45, 7) is 0.0775. The van der Waals surface area contributed by atoms with Gasteiger partial charge in [-0.15, -0.1) is 0 Å². The molecule has 18 heavy (non-hydrogen) atoms. The minimum Gasteiger partial charge on any atom is -0.481 e. The van der Waals surface area contributed by atoms with Crippen molar-refractivity contribution in [2.45, 2.75) is 6.42 Å². The molecule has 2 N–H and O–H groups in total. The molecule has 0 unspecified atom stereocenters. The minimum atomic E-state index is -0.985. The molecular formula is C11H12BrFN2O3. The zero-order chi connectivity index (χ0) is 13.7. The Labute approximate surface area is 112 Å². The van der Waals surface area contributed by atoms with Gasteiger partial charge in [-0.05, 0) is 34.1 Å². The van der Waals surface area contributed by atoms with Gasteiger partial charge in [0.15, 0.2) is 0 Å². The van der Waals surface area contributed by atoms with Crippen molar-refractivity contribution in [3.8, 4) is 0 Å². The van der Waals surface area contributed by atoms with E-state index in [0.717, 1.165) is 0 Å². The van der Waals surface area contributed by atoms with Crippen LogP contribution in [0.25, 0.3) is 0 Å². The summed E-state index contributed by atoms with van der Waals surface area (Å²) < 4.78 is 13.5. The van der Waals surface area contributed by atoms with Gasteiger partial charge in [0, 0.05) is 18.1 Å². The van der Waals surface area contributed by atoms with Crippen LogP contribution < -0.4 is 5.32 Å². The predicted octanol–water partition coefficient (Wildman–Crippen LogP) is 2.53. The summed E-state index contributed by atoms with van der Waals surface area (Å²) in [5.41, 5.74) is 0.294. The third-order valence-electron chi connectivity index (χ3n) is 2.18. The van der Waals surface area contributed by atoms with E-state index in [4.69, 9.17) is 5.11 Å². The molecule has 1 aromatic rings. The van der Waals surface area contributed by atoms with E-state index < -0.39 is 17.8 Å². The predicted molar refractivity (Wildman–Crippen MR) is 68.0 cm³/mol. The minimum absolute atomic E-state index is 0.0775. The molecule has 0 saturated carbocycles. The maximum atomic E-state index is 13.0. The molecule has 0 aliphatic rings. The van der Waals surface area contributed by atoms with Gasteiger partial charge in [0.05, 0.1) is 12.1 Å². The van der Waals surface area contributed by atoms with Crippen molar-refractivity contribution in [2.75, 3.05) is 18.9 Å². The lowest BCUT2D eigenvalue weighted by molar-refractivity contribution is -0.137. The molecule has 0 spiro atoms. The number of hydrogen-bond acceptors (Lipinski definition) is 2. The zero-order valence-electron chi connectivity index (χ0n) is 9.61. The Kier molecular flexibility index (Phi) is 5.08. The number of anilines is 1. The van der Waals surface area contributed by atoms with Crippen LogP contribution in [0.2, 0.25) is 0 Å². The highest BCUT2D eigenvalue weighted by Crippen LogP contribution is 2.23. The van der Waals surface area contributed by atoms with E-state index in [9.17, 15) is 14.0 Å². The first kappa shape index (κ1) is 14.4. The lowest BCUT2D eigenvalue weighted by Crippen LogP contribution is -2.33. The first-order chi connectivity index (χ1) is 8.40. The Morgan fingerprint density at radius 2 is 2.17 bits per heavy atom. The van der Waals surface area contributed by atoms with Gasteiger partial charge in [0.2, 0.25) is 0 Å². The molecule has 5 nitrogen and oxygen atoms in total. The summed E-state index contributed by atoms with van der Waals surface area (Å²) in [4.78, 5) is 23.2. The van der Waals surface area contributed by atoms with E-state index in [1.165, 1.54) is 30.1 Å². The summed E-state index contributed by atoms with van der Waals surface area (Å²) in [6, 6.07) is 3.41. The molecule has 2 amide bonds.